The van der Waals surface area contributed by atoms with Gasteiger partial charge in [-0.05, 0) is 41.1 Å². The minimum absolute atomic E-state index is 0.0304. The summed E-state index contributed by atoms with van der Waals surface area (Å²) in [5, 5.41) is 9.68. The van der Waals surface area contributed by atoms with E-state index in [-0.39, 0.29) is 29.4 Å². The molecule has 0 bridgehead atoms. The summed E-state index contributed by atoms with van der Waals surface area (Å²) in [7, 11) is -3.77. The molecule has 0 aromatic heterocycles. The van der Waals surface area contributed by atoms with Crippen LogP contribution in [-0.4, -0.2) is 20.1 Å². The first-order valence-electron chi connectivity index (χ1n) is 8.28. The molecular formula is C20H18N2O4S. The highest BCUT2D eigenvalue weighted by molar-refractivity contribution is 7.89. The van der Waals surface area contributed by atoms with E-state index >= 15 is 0 Å². The van der Waals surface area contributed by atoms with E-state index in [2.05, 4.69) is 5.32 Å². The van der Waals surface area contributed by atoms with E-state index < -0.39 is 10.0 Å². The van der Waals surface area contributed by atoms with Crippen LogP contribution in [-0.2, 0) is 14.8 Å². The Balaban J connectivity index is 1.58. The molecule has 7 heteroatoms. The number of hydrogen-bond donors (Lipinski definition) is 2. The number of benzene rings is 3. The predicted molar refractivity (Wildman–Crippen MR) is 104 cm³/mol. The Morgan fingerprint density at radius 2 is 1.52 bits per heavy atom. The SMILES string of the molecule is NS(=O)(=O)c1ccc(NC(=O)CCC(=O)c2ccc3ccccc3c2)cc1. The van der Waals surface area contributed by atoms with E-state index in [9.17, 15) is 18.0 Å². The number of nitrogens with one attached hydrogen (secondary N) is 1. The number of fused-ring (bicyclic) bond motifs is 1. The van der Waals surface area contributed by atoms with Gasteiger partial charge in [-0.2, -0.15) is 0 Å². The van der Waals surface area contributed by atoms with Crippen molar-refractivity contribution >= 4 is 38.2 Å². The van der Waals surface area contributed by atoms with Crippen molar-refractivity contribution in [2.24, 2.45) is 5.14 Å². The lowest BCUT2D eigenvalue weighted by Crippen LogP contribution is -2.14. The maximum Gasteiger partial charge on any atom is 0.238 e. The van der Waals surface area contributed by atoms with Gasteiger partial charge in [-0.3, -0.25) is 9.59 Å². The number of anilines is 1. The molecule has 0 unspecified atom stereocenters. The molecule has 0 atom stereocenters. The number of hydrogen-bond acceptors (Lipinski definition) is 4. The highest BCUT2D eigenvalue weighted by Crippen LogP contribution is 2.18. The molecule has 0 heterocycles. The molecule has 0 aliphatic carbocycles. The highest BCUT2D eigenvalue weighted by Gasteiger charge is 2.11. The van der Waals surface area contributed by atoms with Crippen molar-refractivity contribution in [1.82, 2.24) is 0 Å². The van der Waals surface area contributed by atoms with E-state index in [1.807, 2.05) is 36.4 Å². The molecule has 3 aromatic carbocycles. The van der Waals surface area contributed by atoms with Crippen LogP contribution in [0.4, 0.5) is 5.69 Å². The third-order valence-electron chi connectivity index (χ3n) is 4.12. The van der Waals surface area contributed by atoms with Crippen molar-refractivity contribution in [2.75, 3.05) is 5.32 Å². The number of amides is 1. The molecule has 1 amide bonds. The van der Waals surface area contributed by atoms with E-state index in [4.69, 9.17) is 5.14 Å². The zero-order valence-electron chi connectivity index (χ0n) is 14.4. The van der Waals surface area contributed by atoms with Gasteiger partial charge in [0.2, 0.25) is 15.9 Å². The molecule has 3 aromatic rings. The van der Waals surface area contributed by atoms with Crippen LogP contribution in [0, 0.1) is 0 Å². The summed E-state index contributed by atoms with van der Waals surface area (Å²) in [5.74, 6) is -0.437. The first-order chi connectivity index (χ1) is 12.8. The van der Waals surface area contributed by atoms with Crippen LogP contribution in [0.15, 0.2) is 71.6 Å². The molecular weight excluding hydrogens is 364 g/mol. The van der Waals surface area contributed by atoms with Crippen LogP contribution >= 0.6 is 0 Å². The first kappa shape index (κ1) is 18.8. The van der Waals surface area contributed by atoms with Crippen LogP contribution in [0.5, 0.6) is 0 Å². The molecule has 0 fully saturated rings. The summed E-state index contributed by atoms with van der Waals surface area (Å²) < 4.78 is 22.4. The van der Waals surface area contributed by atoms with Gasteiger partial charge < -0.3 is 5.32 Å². The Labute approximate surface area is 157 Å². The lowest BCUT2D eigenvalue weighted by Gasteiger charge is -2.06. The van der Waals surface area contributed by atoms with Gasteiger partial charge in [0.05, 0.1) is 4.90 Å². The molecule has 3 rings (SSSR count). The first-order valence-corrected chi connectivity index (χ1v) is 9.82. The van der Waals surface area contributed by atoms with Crippen molar-refractivity contribution < 1.29 is 18.0 Å². The summed E-state index contributed by atoms with van der Waals surface area (Å²) >= 11 is 0. The number of rotatable bonds is 6. The maximum atomic E-state index is 12.3. The number of Topliss-reactive ketones (excluding diaryl/α,β-unsaturated/α-hetero) is 1. The fourth-order valence-corrected chi connectivity index (χ4v) is 3.20. The number of primary sulfonamides is 1. The summed E-state index contributed by atoms with van der Waals surface area (Å²) in [6.45, 7) is 0. The van der Waals surface area contributed by atoms with Crippen molar-refractivity contribution in [1.29, 1.82) is 0 Å². The largest absolute Gasteiger partial charge is 0.326 e. The molecule has 27 heavy (non-hydrogen) atoms. The van der Waals surface area contributed by atoms with Gasteiger partial charge >= 0.3 is 0 Å². The minimum Gasteiger partial charge on any atom is -0.326 e. The summed E-state index contributed by atoms with van der Waals surface area (Å²) in [5.41, 5.74) is 1.00. The van der Waals surface area contributed by atoms with Gasteiger partial charge in [-0.1, -0.05) is 36.4 Å². The molecule has 0 saturated carbocycles. The highest BCUT2D eigenvalue weighted by atomic mass is 32.2. The van der Waals surface area contributed by atoms with Crippen LogP contribution in [0.2, 0.25) is 0 Å². The zero-order chi connectivity index (χ0) is 19.4. The Kier molecular flexibility index (Phi) is 5.34. The van der Waals surface area contributed by atoms with Gasteiger partial charge in [0.25, 0.3) is 0 Å². The van der Waals surface area contributed by atoms with Gasteiger partial charge in [-0.25, -0.2) is 13.6 Å². The third-order valence-corrected chi connectivity index (χ3v) is 5.05. The van der Waals surface area contributed by atoms with Crippen LogP contribution in [0.1, 0.15) is 23.2 Å². The van der Waals surface area contributed by atoms with Crippen molar-refractivity contribution in [2.45, 2.75) is 17.7 Å². The Morgan fingerprint density at radius 1 is 0.852 bits per heavy atom. The normalized spacial score (nSPS) is 11.3. The molecule has 0 spiro atoms. The second-order valence-electron chi connectivity index (χ2n) is 6.10. The topological polar surface area (TPSA) is 106 Å². The zero-order valence-corrected chi connectivity index (χ0v) is 15.2. The lowest BCUT2D eigenvalue weighted by molar-refractivity contribution is -0.116. The number of carbonyl (C=O) groups is 2. The van der Waals surface area contributed by atoms with E-state index in [1.165, 1.54) is 24.3 Å². The quantitative estimate of drug-likeness (QED) is 0.639. The molecule has 0 aliphatic heterocycles. The van der Waals surface area contributed by atoms with Crippen molar-refractivity contribution in [3.8, 4) is 0 Å². The smallest absolute Gasteiger partial charge is 0.238 e. The molecule has 0 aliphatic rings. The average molecular weight is 382 g/mol. The maximum absolute atomic E-state index is 12.3. The minimum atomic E-state index is -3.77. The van der Waals surface area contributed by atoms with Crippen LogP contribution < -0.4 is 10.5 Å². The molecule has 0 saturated heterocycles. The molecule has 3 N–H and O–H groups in total. The number of ketones is 1. The lowest BCUT2D eigenvalue weighted by atomic mass is 10.0. The Morgan fingerprint density at radius 3 is 2.19 bits per heavy atom. The van der Waals surface area contributed by atoms with Gasteiger partial charge in [0, 0.05) is 24.1 Å². The van der Waals surface area contributed by atoms with E-state index in [0.717, 1.165) is 10.8 Å². The second kappa shape index (κ2) is 7.69. The molecule has 6 nitrogen and oxygen atoms in total. The third kappa shape index (κ3) is 4.78. The number of sulfonamides is 1. The molecule has 138 valence electrons. The second-order valence-corrected chi connectivity index (χ2v) is 7.66. The Hall–Kier alpha value is -3.03. The standard InChI is InChI=1S/C20H18N2O4S/c21-27(25,26)18-9-7-17(8-10-18)22-20(24)12-11-19(23)16-6-5-14-3-1-2-4-15(14)13-16/h1-10,13H,11-12H2,(H,22,24)(H2,21,25,26). The summed E-state index contributed by atoms with van der Waals surface area (Å²) in [6, 6.07) is 18.7. The van der Waals surface area contributed by atoms with Crippen molar-refractivity contribution in [3.63, 3.8) is 0 Å². The fourth-order valence-electron chi connectivity index (χ4n) is 2.69. The van der Waals surface area contributed by atoms with Gasteiger partial charge in [0.15, 0.2) is 5.78 Å². The van der Waals surface area contributed by atoms with E-state index in [1.54, 1.807) is 6.07 Å². The number of carbonyl (C=O) groups excluding carboxylic acids is 2. The summed E-state index contributed by atoms with van der Waals surface area (Å²) in [6.07, 6.45) is 0.113. The summed E-state index contributed by atoms with van der Waals surface area (Å²) in [4.78, 5) is 24.3. The monoisotopic (exact) mass is 382 g/mol. The predicted octanol–water partition coefficient (Wildman–Crippen LogP) is 3.09. The van der Waals surface area contributed by atoms with Gasteiger partial charge in [-0.15, -0.1) is 0 Å². The average Bonchev–Trinajstić information content (AvgIpc) is 2.65. The van der Waals surface area contributed by atoms with Crippen LogP contribution in [0.3, 0.4) is 0 Å². The number of nitrogens with two attached hydrogens (primary N) is 1. The molecule has 0 radical (unpaired) electrons. The Bertz CT molecular complexity index is 1110. The van der Waals surface area contributed by atoms with Crippen molar-refractivity contribution in [3.05, 3.63) is 72.3 Å². The van der Waals surface area contributed by atoms with Crippen LogP contribution in [0.25, 0.3) is 10.8 Å². The van der Waals surface area contributed by atoms with E-state index in [0.29, 0.717) is 11.3 Å². The fraction of sp³-hybridized carbons (Fsp3) is 0.100. The van der Waals surface area contributed by atoms with Gasteiger partial charge in [0.1, 0.15) is 0 Å².